The van der Waals surface area contributed by atoms with E-state index in [2.05, 4.69) is 0 Å². The summed E-state index contributed by atoms with van der Waals surface area (Å²) < 4.78 is 0. The average molecular weight is 357 g/mol. The van der Waals surface area contributed by atoms with Gasteiger partial charge in [0.2, 0.25) is 0 Å². The second-order valence-electron chi connectivity index (χ2n) is 5.48. The predicted molar refractivity (Wildman–Crippen MR) is 89.9 cm³/mol. The Kier molecular flexibility index (Phi) is 4.63. The van der Waals surface area contributed by atoms with Crippen LogP contribution >= 0.6 is 11.6 Å². The first-order valence-electron chi connectivity index (χ1n) is 7.47. The summed E-state index contributed by atoms with van der Waals surface area (Å²) in [5.74, 6) is -2.41. The highest BCUT2D eigenvalue weighted by atomic mass is 35.5. The van der Waals surface area contributed by atoms with Gasteiger partial charge in [-0.15, -0.1) is 0 Å². The zero-order valence-corrected chi connectivity index (χ0v) is 13.8. The van der Waals surface area contributed by atoms with Crippen molar-refractivity contribution in [3.05, 3.63) is 70.7 Å². The van der Waals surface area contributed by atoms with Crippen LogP contribution in [0.1, 0.15) is 15.9 Å². The van der Waals surface area contributed by atoms with E-state index in [9.17, 15) is 19.2 Å². The number of carbonyl (C=O) groups is 4. The summed E-state index contributed by atoms with van der Waals surface area (Å²) in [5, 5.41) is 0.367. The minimum atomic E-state index is -1.00. The molecule has 126 valence electrons. The summed E-state index contributed by atoms with van der Waals surface area (Å²) in [5.41, 5.74) is 0.974. The summed E-state index contributed by atoms with van der Waals surface area (Å²) in [6, 6.07) is 14.2. The van der Waals surface area contributed by atoms with Crippen molar-refractivity contribution in [1.29, 1.82) is 0 Å². The van der Waals surface area contributed by atoms with Gasteiger partial charge < -0.3 is 0 Å². The first-order valence-corrected chi connectivity index (χ1v) is 7.85. The van der Waals surface area contributed by atoms with Gasteiger partial charge in [-0.1, -0.05) is 54.1 Å². The SMILES string of the molecule is O=C(CN1C(=O)C(=O)N(Cc2ccccc2)C1=O)c1cccc(Cl)c1. The molecule has 0 aliphatic carbocycles. The molecule has 0 atom stereocenters. The average Bonchev–Trinajstić information content (AvgIpc) is 2.80. The highest BCUT2D eigenvalue weighted by Crippen LogP contribution is 2.18. The molecule has 0 N–H and O–H groups in total. The van der Waals surface area contributed by atoms with Gasteiger partial charge in [0.25, 0.3) is 0 Å². The molecule has 1 fully saturated rings. The van der Waals surface area contributed by atoms with Crippen molar-refractivity contribution in [2.45, 2.75) is 6.54 Å². The fraction of sp³-hybridized carbons (Fsp3) is 0.111. The van der Waals surface area contributed by atoms with E-state index < -0.39 is 30.2 Å². The Hall–Kier alpha value is -2.99. The smallest absolute Gasteiger partial charge is 0.292 e. The number of hydrogen-bond acceptors (Lipinski definition) is 4. The molecule has 0 radical (unpaired) electrons. The topological polar surface area (TPSA) is 74.8 Å². The molecular formula is C18H13ClN2O4. The lowest BCUT2D eigenvalue weighted by Gasteiger charge is -2.15. The van der Waals surface area contributed by atoms with Crippen LogP contribution in [0.4, 0.5) is 4.79 Å². The van der Waals surface area contributed by atoms with Crippen LogP contribution in [0.2, 0.25) is 5.02 Å². The number of halogens is 1. The molecule has 2 aromatic carbocycles. The first kappa shape index (κ1) is 16.9. The van der Waals surface area contributed by atoms with E-state index in [0.717, 1.165) is 4.90 Å². The van der Waals surface area contributed by atoms with E-state index in [1.165, 1.54) is 12.1 Å². The second kappa shape index (κ2) is 6.86. The molecule has 1 saturated heterocycles. The Morgan fingerprint density at radius 2 is 1.56 bits per heavy atom. The number of hydrogen-bond donors (Lipinski definition) is 0. The Morgan fingerprint density at radius 1 is 0.880 bits per heavy atom. The van der Waals surface area contributed by atoms with Gasteiger partial charge in [-0.3, -0.25) is 19.3 Å². The van der Waals surface area contributed by atoms with E-state index in [-0.39, 0.29) is 12.1 Å². The molecule has 6 nitrogen and oxygen atoms in total. The Bertz CT molecular complexity index is 866. The van der Waals surface area contributed by atoms with E-state index in [1.54, 1.807) is 42.5 Å². The Balaban J connectivity index is 1.76. The van der Waals surface area contributed by atoms with E-state index >= 15 is 0 Å². The molecule has 2 aromatic rings. The lowest BCUT2D eigenvalue weighted by atomic mass is 10.1. The summed E-state index contributed by atoms with van der Waals surface area (Å²) >= 11 is 5.84. The maximum atomic E-state index is 12.4. The Morgan fingerprint density at radius 3 is 2.24 bits per heavy atom. The molecule has 3 rings (SSSR count). The number of amides is 4. The van der Waals surface area contributed by atoms with Gasteiger partial charge in [-0.25, -0.2) is 9.69 Å². The fourth-order valence-corrected chi connectivity index (χ4v) is 2.68. The third-order valence-corrected chi connectivity index (χ3v) is 4.00. The first-order chi connectivity index (χ1) is 12.0. The molecule has 7 heteroatoms. The molecular weight excluding hydrogens is 344 g/mol. The fourth-order valence-electron chi connectivity index (χ4n) is 2.49. The van der Waals surface area contributed by atoms with E-state index in [1.807, 2.05) is 0 Å². The summed E-state index contributed by atoms with van der Waals surface area (Å²) in [6.45, 7) is -0.527. The normalized spacial score (nSPS) is 14.4. The second-order valence-corrected chi connectivity index (χ2v) is 5.92. The molecule has 0 unspecified atom stereocenters. The molecule has 0 spiro atoms. The van der Waals surface area contributed by atoms with Crippen molar-refractivity contribution in [1.82, 2.24) is 9.80 Å². The molecule has 0 saturated carbocycles. The van der Waals surface area contributed by atoms with Crippen LogP contribution in [-0.2, 0) is 16.1 Å². The number of benzene rings is 2. The summed E-state index contributed by atoms with van der Waals surface area (Å²) in [7, 11) is 0. The molecule has 1 aliphatic rings. The van der Waals surface area contributed by atoms with Crippen molar-refractivity contribution < 1.29 is 19.2 Å². The van der Waals surface area contributed by atoms with Crippen LogP contribution in [-0.4, -0.2) is 40.0 Å². The number of Topliss-reactive ketones (excluding diaryl/α,β-unsaturated/α-hetero) is 1. The zero-order valence-electron chi connectivity index (χ0n) is 13.0. The van der Waals surface area contributed by atoms with Gasteiger partial charge in [-0.05, 0) is 17.7 Å². The number of imide groups is 2. The minimum Gasteiger partial charge on any atom is -0.292 e. The van der Waals surface area contributed by atoms with Gasteiger partial charge >= 0.3 is 17.8 Å². The molecule has 25 heavy (non-hydrogen) atoms. The van der Waals surface area contributed by atoms with Crippen molar-refractivity contribution in [2.24, 2.45) is 0 Å². The van der Waals surface area contributed by atoms with E-state index in [4.69, 9.17) is 11.6 Å². The van der Waals surface area contributed by atoms with Gasteiger partial charge in [0, 0.05) is 10.6 Å². The number of ketones is 1. The minimum absolute atomic E-state index is 0.0217. The maximum Gasteiger partial charge on any atom is 0.334 e. The maximum absolute atomic E-state index is 12.4. The molecule has 1 heterocycles. The van der Waals surface area contributed by atoms with E-state index in [0.29, 0.717) is 15.5 Å². The number of carbonyl (C=O) groups excluding carboxylic acids is 4. The quantitative estimate of drug-likeness (QED) is 0.468. The van der Waals surface area contributed by atoms with Gasteiger partial charge in [0.1, 0.15) is 0 Å². The zero-order chi connectivity index (χ0) is 18.0. The number of rotatable bonds is 5. The predicted octanol–water partition coefficient (Wildman–Crippen LogP) is 2.51. The van der Waals surface area contributed by atoms with Gasteiger partial charge in [0.15, 0.2) is 5.78 Å². The third kappa shape index (κ3) is 3.44. The number of nitrogens with zero attached hydrogens (tertiary/aromatic N) is 2. The molecule has 0 bridgehead atoms. The largest absolute Gasteiger partial charge is 0.334 e. The van der Waals surface area contributed by atoms with Crippen LogP contribution in [0.5, 0.6) is 0 Å². The summed E-state index contributed by atoms with van der Waals surface area (Å²) in [6.07, 6.45) is 0. The highest BCUT2D eigenvalue weighted by Gasteiger charge is 2.45. The lowest BCUT2D eigenvalue weighted by Crippen LogP contribution is -2.36. The van der Waals surface area contributed by atoms with Crippen molar-refractivity contribution in [3.63, 3.8) is 0 Å². The third-order valence-electron chi connectivity index (χ3n) is 3.77. The Labute approximate surface area is 148 Å². The lowest BCUT2D eigenvalue weighted by molar-refractivity contribution is -0.143. The van der Waals surface area contributed by atoms with Crippen LogP contribution < -0.4 is 0 Å². The van der Waals surface area contributed by atoms with Crippen LogP contribution in [0.3, 0.4) is 0 Å². The van der Waals surface area contributed by atoms with Crippen LogP contribution in [0, 0.1) is 0 Å². The van der Waals surface area contributed by atoms with Crippen LogP contribution in [0.25, 0.3) is 0 Å². The summed E-state index contributed by atoms with van der Waals surface area (Å²) in [4.78, 5) is 50.3. The molecule has 4 amide bonds. The van der Waals surface area contributed by atoms with Crippen LogP contribution in [0.15, 0.2) is 54.6 Å². The van der Waals surface area contributed by atoms with Gasteiger partial charge in [-0.2, -0.15) is 0 Å². The number of urea groups is 1. The monoisotopic (exact) mass is 356 g/mol. The van der Waals surface area contributed by atoms with Crippen molar-refractivity contribution >= 4 is 35.2 Å². The van der Waals surface area contributed by atoms with Gasteiger partial charge in [0.05, 0.1) is 13.1 Å². The highest BCUT2D eigenvalue weighted by molar-refractivity contribution is 6.45. The molecule has 0 aromatic heterocycles. The van der Waals surface area contributed by atoms with Crippen molar-refractivity contribution in [3.8, 4) is 0 Å². The standard InChI is InChI=1S/C18H13ClN2O4/c19-14-8-4-7-13(9-14)15(22)11-21-17(24)16(23)20(18(21)25)10-12-5-2-1-3-6-12/h1-9H,10-11H2. The van der Waals surface area contributed by atoms with Crippen molar-refractivity contribution in [2.75, 3.05) is 6.54 Å². The molecule has 1 aliphatic heterocycles.